The van der Waals surface area contributed by atoms with Crippen LogP contribution in [0.1, 0.15) is 23.6 Å². The molecule has 0 radical (unpaired) electrons. The molecule has 1 aromatic heterocycles. The van der Waals surface area contributed by atoms with Gasteiger partial charge in [-0.1, -0.05) is 42.5 Å². The van der Waals surface area contributed by atoms with E-state index in [1.807, 2.05) is 62.4 Å². The molecule has 0 aliphatic carbocycles. The Morgan fingerprint density at radius 2 is 1.76 bits per heavy atom. The van der Waals surface area contributed by atoms with Gasteiger partial charge in [0.05, 0.1) is 5.39 Å². The molecule has 0 saturated heterocycles. The molecular formula is C27H24O6. The zero-order chi connectivity index (χ0) is 23.4. The standard InChI is InChI=1S/C27H24O6/c1-17-9-10-18(2)23(13-17)33-25-16-30-24-14-21(11-12-22(24)26(25)28)32-19(3)27(29)31-15-20-7-5-4-6-8-20/h4-14,16,19H,15H2,1-3H3/t19-/m0/s1. The van der Waals surface area contributed by atoms with Crippen LogP contribution < -0.4 is 14.9 Å². The van der Waals surface area contributed by atoms with E-state index < -0.39 is 12.1 Å². The first-order valence-electron chi connectivity index (χ1n) is 10.6. The third-order valence-corrected chi connectivity index (χ3v) is 5.15. The molecule has 0 spiro atoms. The fourth-order valence-corrected chi connectivity index (χ4v) is 3.27. The van der Waals surface area contributed by atoms with Crippen LogP contribution in [0.15, 0.2) is 82.2 Å². The van der Waals surface area contributed by atoms with E-state index in [0.717, 1.165) is 16.7 Å². The van der Waals surface area contributed by atoms with Crippen LogP contribution in [0.2, 0.25) is 0 Å². The van der Waals surface area contributed by atoms with Crippen LogP contribution >= 0.6 is 0 Å². The topological polar surface area (TPSA) is 75.0 Å². The largest absolute Gasteiger partial charge is 0.479 e. The predicted octanol–water partition coefficient (Wildman–Crippen LogP) is 5.71. The summed E-state index contributed by atoms with van der Waals surface area (Å²) in [4.78, 5) is 25.2. The highest BCUT2D eigenvalue weighted by atomic mass is 16.6. The van der Waals surface area contributed by atoms with Gasteiger partial charge in [0.15, 0.2) is 6.10 Å². The molecule has 0 N–H and O–H groups in total. The van der Waals surface area contributed by atoms with Crippen molar-refractivity contribution in [3.63, 3.8) is 0 Å². The fraction of sp³-hybridized carbons (Fsp3) is 0.185. The Balaban J connectivity index is 1.47. The number of benzene rings is 3. The average Bonchev–Trinajstić information content (AvgIpc) is 2.82. The average molecular weight is 444 g/mol. The first-order valence-corrected chi connectivity index (χ1v) is 10.6. The monoisotopic (exact) mass is 444 g/mol. The maximum Gasteiger partial charge on any atom is 0.347 e. The second-order valence-electron chi connectivity index (χ2n) is 7.81. The van der Waals surface area contributed by atoms with Gasteiger partial charge in [-0.3, -0.25) is 4.79 Å². The number of ether oxygens (including phenoxy) is 3. The van der Waals surface area contributed by atoms with E-state index in [1.165, 1.54) is 6.26 Å². The molecule has 6 nitrogen and oxygen atoms in total. The summed E-state index contributed by atoms with van der Waals surface area (Å²) >= 11 is 0. The van der Waals surface area contributed by atoms with Crippen LogP contribution in [-0.2, 0) is 16.1 Å². The summed E-state index contributed by atoms with van der Waals surface area (Å²) in [6.45, 7) is 5.64. The van der Waals surface area contributed by atoms with Gasteiger partial charge in [-0.25, -0.2) is 4.79 Å². The van der Waals surface area contributed by atoms with Crippen molar-refractivity contribution in [2.24, 2.45) is 0 Å². The van der Waals surface area contributed by atoms with Crippen molar-refractivity contribution in [1.29, 1.82) is 0 Å². The van der Waals surface area contributed by atoms with Crippen LogP contribution in [0.25, 0.3) is 11.0 Å². The van der Waals surface area contributed by atoms with E-state index in [1.54, 1.807) is 25.1 Å². The highest BCUT2D eigenvalue weighted by Crippen LogP contribution is 2.27. The Hall–Kier alpha value is -4.06. The molecule has 4 rings (SSSR count). The smallest absolute Gasteiger partial charge is 0.347 e. The van der Waals surface area contributed by atoms with Crippen LogP contribution in [0, 0.1) is 13.8 Å². The van der Waals surface area contributed by atoms with E-state index in [2.05, 4.69) is 0 Å². The lowest BCUT2D eigenvalue weighted by atomic mass is 10.1. The molecule has 6 heteroatoms. The van der Waals surface area contributed by atoms with Crippen LogP contribution in [0.3, 0.4) is 0 Å². The molecule has 1 heterocycles. The highest BCUT2D eigenvalue weighted by Gasteiger charge is 2.18. The van der Waals surface area contributed by atoms with Crippen molar-refractivity contribution in [1.82, 2.24) is 0 Å². The van der Waals surface area contributed by atoms with Crippen molar-refractivity contribution >= 4 is 16.9 Å². The summed E-state index contributed by atoms with van der Waals surface area (Å²) in [6, 6.07) is 20.0. The molecule has 0 aliphatic heterocycles. The fourth-order valence-electron chi connectivity index (χ4n) is 3.27. The zero-order valence-corrected chi connectivity index (χ0v) is 18.7. The Morgan fingerprint density at radius 1 is 0.970 bits per heavy atom. The van der Waals surface area contributed by atoms with E-state index in [-0.39, 0.29) is 17.8 Å². The molecule has 0 saturated carbocycles. The van der Waals surface area contributed by atoms with E-state index >= 15 is 0 Å². The Kier molecular flexibility index (Phi) is 6.45. The molecule has 0 amide bonds. The van der Waals surface area contributed by atoms with Crippen LogP contribution in [-0.4, -0.2) is 12.1 Å². The summed E-state index contributed by atoms with van der Waals surface area (Å²) in [6.07, 6.45) is 0.457. The second-order valence-corrected chi connectivity index (χ2v) is 7.81. The number of carbonyl (C=O) groups excluding carboxylic acids is 1. The molecule has 0 fully saturated rings. The summed E-state index contributed by atoms with van der Waals surface area (Å²) in [5.41, 5.74) is 2.87. The zero-order valence-electron chi connectivity index (χ0n) is 18.7. The minimum Gasteiger partial charge on any atom is -0.479 e. The lowest BCUT2D eigenvalue weighted by Crippen LogP contribution is -2.26. The number of rotatable bonds is 7. The predicted molar refractivity (Wildman–Crippen MR) is 125 cm³/mol. The van der Waals surface area contributed by atoms with Gasteiger partial charge < -0.3 is 18.6 Å². The normalized spacial score (nSPS) is 11.7. The second kappa shape index (κ2) is 9.61. The Labute approximate surface area is 191 Å². The molecule has 168 valence electrons. The molecule has 0 unspecified atom stereocenters. The maximum atomic E-state index is 12.9. The third kappa shape index (κ3) is 5.23. The Morgan fingerprint density at radius 3 is 2.55 bits per heavy atom. The molecular weight excluding hydrogens is 420 g/mol. The number of esters is 1. The van der Waals surface area contributed by atoms with Crippen LogP contribution in [0.5, 0.6) is 17.2 Å². The van der Waals surface area contributed by atoms with Gasteiger partial charge in [0.2, 0.25) is 11.2 Å². The van der Waals surface area contributed by atoms with Crippen molar-refractivity contribution in [3.05, 3.63) is 99.9 Å². The summed E-state index contributed by atoms with van der Waals surface area (Å²) in [7, 11) is 0. The molecule has 1 atom stereocenters. The minimum absolute atomic E-state index is 0.0997. The van der Waals surface area contributed by atoms with Gasteiger partial charge in [-0.05, 0) is 55.7 Å². The van der Waals surface area contributed by atoms with Crippen molar-refractivity contribution < 1.29 is 23.4 Å². The number of fused-ring (bicyclic) bond motifs is 1. The highest BCUT2D eigenvalue weighted by molar-refractivity contribution is 5.79. The molecule has 33 heavy (non-hydrogen) atoms. The van der Waals surface area contributed by atoms with Crippen LogP contribution in [0.4, 0.5) is 0 Å². The summed E-state index contributed by atoms with van der Waals surface area (Å²) in [5.74, 6) is 0.600. The summed E-state index contributed by atoms with van der Waals surface area (Å²) in [5, 5.41) is 0.351. The summed E-state index contributed by atoms with van der Waals surface area (Å²) < 4.78 is 22.5. The van der Waals surface area contributed by atoms with E-state index in [4.69, 9.17) is 18.6 Å². The third-order valence-electron chi connectivity index (χ3n) is 5.15. The van der Waals surface area contributed by atoms with Crippen molar-refractivity contribution in [2.45, 2.75) is 33.5 Å². The van der Waals surface area contributed by atoms with Gasteiger partial charge in [-0.2, -0.15) is 0 Å². The van der Waals surface area contributed by atoms with E-state index in [9.17, 15) is 9.59 Å². The first kappa shape index (κ1) is 22.1. The molecule has 0 bridgehead atoms. The maximum absolute atomic E-state index is 12.9. The first-order chi connectivity index (χ1) is 15.9. The van der Waals surface area contributed by atoms with Gasteiger partial charge in [0, 0.05) is 6.07 Å². The van der Waals surface area contributed by atoms with Gasteiger partial charge in [0.1, 0.15) is 30.0 Å². The van der Waals surface area contributed by atoms with Crippen molar-refractivity contribution in [2.75, 3.05) is 0 Å². The molecule has 3 aromatic carbocycles. The lowest BCUT2D eigenvalue weighted by Gasteiger charge is -2.14. The van der Waals surface area contributed by atoms with Crippen molar-refractivity contribution in [3.8, 4) is 17.2 Å². The van der Waals surface area contributed by atoms with Gasteiger partial charge in [0.25, 0.3) is 0 Å². The molecule has 0 aliphatic rings. The minimum atomic E-state index is -0.829. The lowest BCUT2D eigenvalue weighted by molar-refractivity contribution is -0.152. The number of aryl methyl sites for hydroxylation is 2. The molecule has 4 aromatic rings. The number of carbonyl (C=O) groups is 1. The van der Waals surface area contributed by atoms with Gasteiger partial charge in [-0.15, -0.1) is 0 Å². The Bertz CT molecular complexity index is 1340. The number of hydrogen-bond acceptors (Lipinski definition) is 6. The number of hydrogen-bond donors (Lipinski definition) is 0. The SMILES string of the molecule is Cc1ccc(C)c(Oc2coc3cc(O[C@@H](C)C(=O)OCc4ccccc4)ccc3c2=O)c1. The van der Waals surface area contributed by atoms with E-state index in [0.29, 0.717) is 22.5 Å². The van der Waals surface area contributed by atoms with Gasteiger partial charge >= 0.3 is 5.97 Å². The quantitative estimate of drug-likeness (QED) is 0.340.